The number of carbonyl (C=O) groups is 3. The normalized spacial score (nSPS) is 12.4. The third kappa shape index (κ3) is 44.3. The lowest BCUT2D eigenvalue weighted by Crippen LogP contribution is -2.30. The Morgan fingerprint density at radius 3 is 1.19 bits per heavy atom. The van der Waals surface area contributed by atoms with Crippen LogP contribution in [0.2, 0.25) is 0 Å². The molecule has 0 radical (unpaired) electrons. The van der Waals surface area contributed by atoms with Crippen LogP contribution in [0.1, 0.15) is 239 Å². The molecule has 0 aromatic rings. The van der Waals surface area contributed by atoms with E-state index in [1.165, 1.54) is 128 Å². The van der Waals surface area contributed by atoms with Crippen LogP contribution < -0.4 is 0 Å². The van der Waals surface area contributed by atoms with Crippen LogP contribution in [0.15, 0.2) is 48.6 Å². The second-order valence-corrected chi connectivity index (χ2v) is 16.1. The van der Waals surface area contributed by atoms with Crippen molar-refractivity contribution in [3.63, 3.8) is 0 Å². The fourth-order valence-corrected chi connectivity index (χ4v) is 6.74. The number of ether oxygens (including phenoxy) is 3. The molecule has 0 aliphatic carbocycles. The molecule has 6 heteroatoms. The first-order chi connectivity index (χ1) is 28.0. The van der Waals surface area contributed by atoms with Gasteiger partial charge >= 0.3 is 17.9 Å². The molecule has 0 N–H and O–H groups in total. The molecule has 0 aliphatic heterocycles. The maximum absolute atomic E-state index is 12.7. The van der Waals surface area contributed by atoms with Gasteiger partial charge in [0, 0.05) is 19.3 Å². The maximum atomic E-state index is 12.7. The first-order valence-corrected chi connectivity index (χ1v) is 24.2. The zero-order chi connectivity index (χ0) is 41.5. The van der Waals surface area contributed by atoms with Crippen LogP contribution in [0, 0.1) is 0 Å². The van der Waals surface area contributed by atoms with Gasteiger partial charge in [-0.1, -0.05) is 211 Å². The van der Waals surface area contributed by atoms with Crippen LogP contribution >= 0.6 is 0 Å². The number of hydrogen-bond acceptors (Lipinski definition) is 6. The molecule has 0 heterocycles. The van der Waals surface area contributed by atoms with E-state index in [0.29, 0.717) is 19.3 Å². The van der Waals surface area contributed by atoms with Gasteiger partial charge in [-0.25, -0.2) is 0 Å². The fourth-order valence-electron chi connectivity index (χ4n) is 6.74. The zero-order valence-electron chi connectivity index (χ0n) is 37.6. The molecule has 0 fully saturated rings. The highest BCUT2D eigenvalue weighted by molar-refractivity contribution is 5.71. The molecule has 330 valence electrons. The lowest BCUT2D eigenvalue weighted by molar-refractivity contribution is -0.167. The van der Waals surface area contributed by atoms with Crippen LogP contribution in [-0.2, 0) is 28.6 Å². The quantitative estimate of drug-likeness (QED) is 0.0201. The summed E-state index contributed by atoms with van der Waals surface area (Å²) < 4.78 is 16.7. The van der Waals surface area contributed by atoms with Gasteiger partial charge in [0.2, 0.25) is 0 Å². The summed E-state index contributed by atoms with van der Waals surface area (Å²) in [7, 11) is 0. The minimum atomic E-state index is -0.784. The summed E-state index contributed by atoms with van der Waals surface area (Å²) >= 11 is 0. The average molecular weight is 799 g/mol. The highest BCUT2D eigenvalue weighted by Gasteiger charge is 2.19. The molecule has 0 saturated heterocycles. The van der Waals surface area contributed by atoms with Crippen LogP contribution in [0.5, 0.6) is 0 Å². The first kappa shape index (κ1) is 54.4. The zero-order valence-corrected chi connectivity index (χ0v) is 37.6. The Morgan fingerprint density at radius 2 is 0.719 bits per heavy atom. The lowest BCUT2D eigenvalue weighted by atomic mass is 10.0. The number of unbranched alkanes of at least 4 members (excludes halogenated alkanes) is 26. The van der Waals surface area contributed by atoms with Crippen LogP contribution in [0.25, 0.3) is 0 Å². The largest absolute Gasteiger partial charge is 0.462 e. The molecule has 0 saturated carbocycles. The summed E-state index contributed by atoms with van der Waals surface area (Å²) in [4.78, 5) is 37.8. The molecule has 57 heavy (non-hydrogen) atoms. The van der Waals surface area contributed by atoms with E-state index < -0.39 is 6.10 Å². The Bertz CT molecular complexity index is 1010. The highest BCUT2D eigenvalue weighted by Crippen LogP contribution is 2.15. The Balaban J connectivity index is 4.36. The van der Waals surface area contributed by atoms with Gasteiger partial charge in [0.25, 0.3) is 0 Å². The van der Waals surface area contributed by atoms with Gasteiger partial charge in [0.1, 0.15) is 13.2 Å². The molecule has 0 bridgehead atoms. The van der Waals surface area contributed by atoms with Crippen LogP contribution in [-0.4, -0.2) is 37.2 Å². The monoisotopic (exact) mass is 799 g/mol. The molecule has 0 aromatic carbocycles. The van der Waals surface area contributed by atoms with Crippen molar-refractivity contribution >= 4 is 17.9 Å². The Hall–Kier alpha value is -2.63. The van der Waals surface area contributed by atoms with E-state index in [2.05, 4.69) is 69.4 Å². The summed E-state index contributed by atoms with van der Waals surface area (Å²) in [5.41, 5.74) is 0. The smallest absolute Gasteiger partial charge is 0.306 e. The van der Waals surface area contributed by atoms with Gasteiger partial charge in [-0.2, -0.15) is 0 Å². The summed E-state index contributed by atoms with van der Waals surface area (Å²) in [6.07, 6.45) is 53.9. The lowest BCUT2D eigenvalue weighted by Gasteiger charge is -2.18. The van der Waals surface area contributed by atoms with E-state index >= 15 is 0 Å². The Kier molecular flexibility index (Phi) is 43.9. The first-order valence-electron chi connectivity index (χ1n) is 24.2. The molecule has 0 aromatic heterocycles. The van der Waals surface area contributed by atoms with Crippen molar-refractivity contribution in [2.24, 2.45) is 0 Å². The maximum Gasteiger partial charge on any atom is 0.306 e. The van der Waals surface area contributed by atoms with E-state index in [-0.39, 0.29) is 31.1 Å². The molecule has 1 atom stereocenters. The minimum absolute atomic E-state index is 0.0862. The van der Waals surface area contributed by atoms with Gasteiger partial charge in [-0.3, -0.25) is 14.4 Å². The van der Waals surface area contributed by atoms with Crippen molar-refractivity contribution in [1.82, 2.24) is 0 Å². The van der Waals surface area contributed by atoms with Gasteiger partial charge in [0.15, 0.2) is 6.10 Å². The average Bonchev–Trinajstić information content (AvgIpc) is 3.21. The molecule has 1 unspecified atom stereocenters. The molecule has 0 aliphatic rings. The second-order valence-electron chi connectivity index (χ2n) is 16.1. The van der Waals surface area contributed by atoms with Crippen molar-refractivity contribution in [2.45, 2.75) is 245 Å². The summed E-state index contributed by atoms with van der Waals surface area (Å²) in [5.74, 6) is -0.930. The number of rotatable bonds is 43. The van der Waals surface area contributed by atoms with Crippen LogP contribution in [0.3, 0.4) is 0 Å². The van der Waals surface area contributed by atoms with Gasteiger partial charge in [0.05, 0.1) is 0 Å². The van der Waals surface area contributed by atoms with Crippen molar-refractivity contribution in [2.75, 3.05) is 13.2 Å². The van der Waals surface area contributed by atoms with Gasteiger partial charge in [-0.15, -0.1) is 0 Å². The molecule has 0 rings (SSSR count). The minimum Gasteiger partial charge on any atom is -0.462 e. The third-order valence-corrected chi connectivity index (χ3v) is 10.4. The standard InChI is InChI=1S/C51H90O6/c1-4-7-10-13-16-19-21-23-25-27-29-32-35-38-41-44-50(53)56-47-48(46-55-49(52)43-40-37-34-31-18-15-12-9-6-3)57-51(54)45-42-39-36-33-30-28-26-24-22-20-17-14-11-8-5-2/h7,10,13,16,19,21,31,34,48H,4-6,8-9,11-12,14-15,17-18,20,22-30,32-33,35-47H2,1-3H3/b10-7-,16-13-,21-19-,34-31-. The summed E-state index contributed by atoms with van der Waals surface area (Å²) in [6.45, 7) is 6.44. The molecule has 0 amide bonds. The molecular weight excluding hydrogens is 709 g/mol. The number of hydrogen-bond donors (Lipinski definition) is 0. The van der Waals surface area contributed by atoms with Gasteiger partial charge < -0.3 is 14.2 Å². The highest BCUT2D eigenvalue weighted by atomic mass is 16.6. The van der Waals surface area contributed by atoms with Crippen LogP contribution in [0.4, 0.5) is 0 Å². The predicted octanol–water partition coefficient (Wildman–Crippen LogP) is 15.5. The molecule has 0 spiro atoms. The molecule has 6 nitrogen and oxygen atoms in total. The number of allylic oxidation sites excluding steroid dienone is 8. The Labute approximate surface area is 352 Å². The SMILES string of the molecule is CC\C=C/C=C\C=C/CCCCCCCCCC(=O)OCC(COC(=O)CCC/C=C\CCCCCC)OC(=O)CCCCCCCCCCCCCCCCC. The third-order valence-electron chi connectivity index (χ3n) is 10.4. The van der Waals surface area contributed by atoms with Crippen molar-refractivity contribution in [3.8, 4) is 0 Å². The Morgan fingerprint density at radius 1 is 0.368 bits per heavy atom. The number of esters is 3. The number of carbonyl (C=O) groups excluding carboxylic acids is 3. The van der Waals surface area contributed by atoms with E-state index in [9.17, 15) is 14.4 Å². The van der Waals surface area contributed by atoms with Crippen molar-refractivity contribution in [1.29, 1.82) is 0 Å². The second kappa shape index (κ2) is 46.1. The van der Waals surface area contributed by atoms with E-state index in [1.54, 1.807) is 0 Å². The van der Waals surface area contributed by atoms with Crippen molar-refractivity contribution < 1.29 is 28.6 Å². The van der Waals surface area contributed by atoms with E-state index in [4.69, 9.17) is 14.2 Å². The fraction of sp³-hybridized carbons (Fsp3) is 0.784. The van der Waals surface area contributed by atoms with Crippen molar-refractivity contribution in [3.05, 3.63) is 48.6 Å². The van der Waals surface area contributed by atoms with E-state index in [1.807, 2.05) is 0 Å². The predicted molar refractivity (Wildman–Crippen MR) is 242 cm³/mol. The topological polar surface area (TPSA) is 78.9 Å². The van der Waals surface area contributed by atoms with Gasteiger partial charge in [-0.05, 0) is 57.8 Å². The van der Waals surface area contributed by atoms with E-state index in [0.717, 1.165) is 70.6 Å². The summed E-state index contributed by atoms with van der Waals surface area (Å²) in [5, 5.41) is 0. The summed E-state index contributed by atoms with van der Waals surface area (Å²) in [6, 6.07) is 0. The molecular formula is C51H90O6.